The summed E-state index contributed by atoms with van der Waals surface area (Å²) in [5.74, 6) is -0.329. The molecule has 2 atom stereocenters. The van der Waals surface area contributed by atoms with E-state index in [0.717, 1.165) is 12.1 Å². The molecule has 2 heterocycles. The summed E-state index contributed by atoms with van der Waals surface area (Å²) < 4.78 is 13.3. The molecule has 1 N–H and O–H groups in total. The largest absolute Gasteiger partial charge is 0.317 e. The number of fused-ring (bicyclic) bond motifs is 2. The van der Waals surface area contributed by atoms with E-state index >= 15 is 0 Å². The van der Waals surface area contributed by atoms with Gasteiger partial charge in [0, 0.05) is 24.7 Å². The Balaban J connectivity index is 1.74. The van der Waals surface area contributed by atoms with Gasteiger partial charge in [-0.2, -0.15) is 0 Å². The fraction of sp³-hybridized carbons (Fsp3) is 0.625. The normalized spacial score (nSPS) is 30.4. The predicted octanol–water partition coefficient (Wildman–Crippen LogP) is 3.58. The third-order valence-corrected chi connectivity index (χ3v) is 5.17. The summed E-state index contributed by atoms with van der Waals surface area (Å²) in [5, 5.41) is 3.67. The van der Waals surface area contributed by atoms with E-state index in [4.69, 9.17) is 11.6 Å². The maximum absolute atomic E-state index is 13.3. The van der Waals surface area contributed by atoms with E-state index in [1.807, 2.05) is 6.07 Å². The van der Waals surface area contributed by atoms with Crippen molar-refractivity contribution in [1.29, 1.82) is 0 Å². The van der Waals surface area contributed by atoms with Crippen LogP contribution >= 0.6 is 11.6 Å². The van der Waals surface area contributed by atoms with Crippen LogP contribution in [0.15, 0.2) is 18.2 Å². The van der Waals surface area contributed by atoms with Gasteiger partial charge in [0.1, 0.15) is 5.82 Å². The van der Waals surface area contributed by atoms with Crippen LogP contribution in [0.5, 0.6) is 0 Å². The fourth-order valence-electron chi connectivity index (χ4n) is 3.82. The van der Waals surface area contributed by atoms with Gasteiger partial charge in [-0.3, -0.25) is 4.90 Å². The van der Waals surface area contributed by atoms with E-state index in [0.29, 0.717) is 18.1 Å². The second-order valence-electron chi connectivity index (χ2n) is 6.12. The number of halogens is 2. The molecule has 2 bridgehead atoms. The third-order valence-electron chi connectivity index (χ3n) is 4.88. The molecule has 0 amide bonds. The number of rotatable bonds is 3. The van der Waals surface area contributed by atoms with Crippen molar-refractivity contribution in [2.75, 3.05) is 7.05 Å². The third kappa shape index (κ3) is 2.85. The average molecular weight is 297 g/mol. The summed E-state index contributed by atoms with van der Waals surface area (Å²) in [4.78, 5) is 2.61. The van der Waals surface area contributed by atoms with E-state index in [9.17, 15) is 4.39 Å². The van der Waals surface area contributed by atoms with E-state index in [1.165, 1.54) is 38.2 Å². The van der Waals surface area contributed by atoms with Crippen molar-refractivity contribution >= 4 is 11.6 Å². The van der Waals surface area contributed by atoms with E-state index in [2.05, 4.69) is 17.3 Å². The molecule has 0 aromatic heterocycles. The van der Waals surface area contributed by atoms with Gasteiger partial charge in [-0.15, -0.1) is 0 Å². The maximum atomic E-state index is 13.3. The van der Waals surface area contributed by atoms with Gasteiger partial charge >= 0.3 is 0 Å². The van der Waals surface area contributed by atoms with Crippen molar-refractivity contribution in [1.82, 2.24) is 10.2 Å². The summed E-state index contributed by atoms with van der Waals surface area (Å²) in [6.07, 6.45) is 6.35. The van der Waals surface area contributed by atoms with Crippen molar-refractivity contribution in [3.05, 3.63) is 34.6 Å². The second kappa shape index (κ2) is 6.00. The first-order valence-electron chi connectivity index (χ1n) is 7.54. The molecule has 0 radical (unpaired) electrons. The van der Waals surface area contributed by atoms with Crippen molar-refractivity contribution < 1.29 is 4.39 Å². The summed E-state index contributed by atoms with van der Waals surface area (Å²) in [6, 6.07) is 7.08. The van der Waals surface area contributed by atoms with Crippen molar-refractivity contribution in [3.63, 3.8) is 0 Å². The summed E-state index contributed by atoms with van der Waals surface area (Å²) in [6.45, 7) is 0.895. The Morgan fingerprint density at radius 3 is 2.60 bits per heavy atom. The Morgan fingerprint density at radius 1 is 1.30 bits per heavy atom. The quantitative estimate of drug-likeness (QED) is 0.917. The molecule has 1 aromatic rings. The summed E-state index contributed by atoms with van der Waals surface area (Å²) >= 11 is 5.89. The minimum atomic E-state index is -0.329. The molecule has 20 heavy (non-hydrogen) atoms. The van der Waals surface area contributed by atoms with Crippen LogP contribution in [0.2, 0.25) is 5.02 Å². The smallest absolute Gasteiger partial charge is 0.141 e. The number of nitrogens with one attached hydrogen (secondary N) is 1. The van der Waals surface area contributed by atoms with Gasteiger partial charge < -0.3 is 5.32 Å². The fourth-order valence-corrected chi connectivity index (χ4v) is 4.02. The molecule has 1 aromatic carbocycles. The Morgan fingerprint density at radius 2 is 2.00 bits per heavy atom. The van der Waals surface area contributed by atoms with Crippen LogP contribution in [0.25, 0.3) is 0 Å². The lowest BCUT2D eigenvalue weighted by Crippen LogP contribution is -2.55. The van der Waals surface area contributed by atoms with Gasteiger partial charge in [0.25, 0.3) is 0 Å². The Hall–Kier alpha value is -0.640. The minimum Gasteiger partial charge on any atom is -0.317 e. The molecule has 2 fully saturated rings. The molecule has 0 spiro atoms. The zero-order chi connectivity index (χ0) is 14.1. The first-order valence-corrected chi connectivity index (χ1v) is 7.92. The number of nitrogens with zero attached hydrogens (tertiary/aromatic N) is 1. The second-order valence-corrected chi connectivity index (χ2v) is 6.52. The summed E-state index contributed by atoms with van der Waals surface area (Å²) in [5.41, 5.74) is 1.12. The topological polar surface area (TPSA) is 15.3 Å². The van der Waals surface area contributed by atoms with Gasteiger partial charge in [-0.05, 0) is 50.4 Å². The van der Waals surface area contributed by atoms with Crippen LogP contribution in [0.1, 0.15) is 37.7 Å². The molecule has 2 aliphatic heterocycles. The van der Waals surface area contributed by atoms with E-state index in [1.54, 1.807) is 6.07 Å². The SMILES string of the molecule is CNC1CC2CCCC(C1)N2Cc1ccc(F)c(Cl)c1. The molecule has 2 nitrogen and oxygen atoms in total. The number of hydrogen-bond donors (Lipinski definition) is 1. The van der Waals surface area contributed by atoms with Crippen molar-refractivity contribution in [2.24, 2.45) is 0 Å². The van der Waals surface area contributed by atoms with Gasteiger partial charge in [0.15, 0.2) is 0 Å². The standard InChI is InChI=1S/C16H22ClFN2/c1-19-12-8-13-3-2-4-14(9-12)20(13)10-11-5-6-16(18)15(17)7-11/h5-7,12-14,19H,2-4,8-10H2,1H3. The maximum Gasteiger partial charge on any atom is 0.141 e. The highest BCUT2D eigenvalue weighted by atomic mass is 35.5. The molecular formula is C16H22ClFN2. The van der Waals surface area contributed by atoms with E-state index < -0.39 is 0 Å². The van der Waals surface area contributed by atoms with Crippen LogP contribution < -0.4 is 5.32 Å². The highest BCUT2D eigenvalue weighted by Crippen LogP contribution is 2.35. The lowest BCUT2D eigenvalue weighted by molar-refractivity contribution is 0.0190. The van der Waals surface area contributed by atoms with Crippen LogP contribution in [0.4, 0.5) is 4.39 Å². The number of hydrogen-bond acceptors (Lipinski definition) is 2. The van der Waals surface area contributed by atoms with Gasteiger partial charge in [-0.25, -0.2) is 4.39 Å². The number of piperidine rings is 2. The highest BCUT2D eigenvalue weighted by molar-refractivity contribution is 6.30. The number of benzene rings is 1. The lowest BCUT2D eigenvalue weighted by Gasteiger charge is -2.49. The van der Waals surface area contributed by atoms with Crippen molar-refractivity contribution in [3.8, 4) is 0 Å². The molecule has 3 rings (SSSR count). The molecular weight excluding hydrogens is 275 g/mol. The van der Waals surface area contributed by atoms with Crippen LogP contribution in [0, 0.1) is 5.82 Å². The first-order chi connectivity index (χ1) is 9.67. The zero-order valence-electron chi connectivity index (χ0n) is 11.9. The Labute approximate surface area is 125 Å². The average Bonchev–Trinajstić information content (AvgIpc) is 2.42. The van der Waals surface area contributed by atoms with Crippen LogP contribution in [-0.2, 0) is 6.54 Å². The molecule has 110 valence electrons. The summed E-state index contributed by atoms with van der Waals surface area (Å²) in [7, 11) is 2.07. The predicted molar refractivity (Wildman–Crippen MR) is 80.5 cm³/mol. The molecule has 0 aliphatic carbocycles. The minimum absolute atomic E-state index is 0.234. The van der Waals surface area contributed by atoms with Gasteiger partial charge in [0.2, 0.25) is 0 Å². The molecule has 2 unspecified atom stereocenters. The van der Waals surface area contributed by atoms with Crippen molar-refractivity contribution in [2.45, 2.75) is 56.8 Å². The molecule has 2 aliphatic rings. The first kappa shape index (κ1) is 14.3. The van der Waals surface area contributed by atoms with Crippen LogP contribution in [-0.4, -0.2) is 30.1 Å². The monoisotopic (exact) mass is 296 g/mol. The van der Waals surface area contributed by atoms with Gasteiger partial charge in [-0.1, -0.05) is 24.1 Å². The van der Waals surface area contributed by atoms with Crippen LogP contribution in [0.3, 0.4) is 0 Å². The lowest BCUT2D eigenvalue weighted by atomic mass is 9.81. The molecule has 2 saturated heterocycles. The molecule has 0 saturated carbocycles. The Bertz CT molecular complexity index is 466. The molecule has 4 heteroatoms. The highest BCUT2D eigenvalue weighted by Gasteiger charge is 2.37. The Kier molecular flexibility index (Phi) is 4.29. The zero-order valence-corrected chi connectivity index (χ0v) is 12.7. The van der Waals surface area contributed by atoms with Gasteiger partial charge in [0.05, 0.1) is 5.02 Å². The van der Waals surface area contributed by atoms with E-state index in [-0.39, 0.29) is 10.8 Å².